The maximum atomic E-state index is 12.7. The van der Waals surface area contributed by atoms with Crippen molar-refractivity contribution in [1.82, 2.24) is 5.32 Å². The molecule has 0 fully saturated rings. The molecule has 0 spiro atoms. The number of hydrogen-bond donors (Lipinski definition) is 3. The lowest BCUT2D eigenvalue weighted by Crippen LogP contribution is -2.41. The number of amides is 1. The molecule has 0 saturated carbocycles. The van der Waals surface area contributed by atoms with Crippen molar-refractivity contribution in [3.05, 3.63) is 30.1 Å². The number of nitrogens with zero attached hydrogens (tertiary/aromatic N) is 1. The quantitative estimate of drug-likeness (QED) is 0.375. The number of rotatable bonds is 6. The second-order valence-corrected chi connectivity index (χ2v) is 4.26. The van der Waals surface area contributed by atoms with E-state index in [-0.39, 0.29) is 54.2 Å². The first-order chi connectivity index (χ1) is 9.51. The monoisotopic (exact) mass is 410 g/mol. The van der Waals surface area contributed by atoms with E-state index in [0.29, 0.717) is 12.3 Å². The summed E-state index contributed by atoms with van der Waals surface area (Å²) < 4.78 is 17.6. The Kier molecular flexibility index (Phi) is 9.63. The van der Waals surface area contributed by atoms with Crippen molar-refractivity contribution in [2.45, 2.75) is 13.0 Å². The van der Waals surface area contributed by atoms with Gasteiger partial charge >= 0.3 is 0 Å². The third-order valence-electron chi connectivity index (χ3n) is 2.33. The molecule has 1 amide bonds. The molecule has 21 heavy (non-hydrogen) atoms. The van der Waals surface area contributed by atoms with Gasteiger partial charge in [-0.15, -0.1) is 24.0 Å². The van der Waals surface area contributed by atoms with Gasteiger partial charge in [0.15, 0.2) is 5.96 Å². The Morgan fingerprint density at radius 2 is 2.05 bits per heavy atom. The molecule has 0 aliphatic rings. The van der Waals surface area contributed by atoms with Crippen LogP contribution in [0.1, 0.15) is 6.92 Å². The number of aliphatic imine (C=N–C) groups is 1. The largest absolute Gasteiger partial charge is 0.383 e. The number of anilines is 1. The van der Waals surface area contributed by atoms with Crippen LogP contribution in [-0.2, 0) is 9.53 Å². The number of nitrogens with one attached hydrogen (secondary N) is 2. The molecule has 0 aliphatic carbocycles. The van der Waals surface area contributed by atoms with Gasteiger partial charge in [0.2, 0.25) is 5.91 Å². The lowest BCUT2D eigenvalue weighted by atomic mass is 10.3. The van der Waals surface area contributed by atoms with Crippen LogP contribution >= 0.6 is 24.0 Å². The van der Waals surface area contributed by atoms with E-state index >= 15 is 0 Å². The molecule has 0 radical (unpaired) electrons. The van der Waals surface area contributed by atoms with Crippen LogP contribution in [0.15, 0.2) is 29.3 Å². The third kappa shape index (κ3) is 8.45. The molecule has 0 aromatic heterocycles. The summed E-state index contributed by atoms with van der Waals surface area (Å²) in [6.07, 6.45) is 0. The van der Waals surface area contributed by atoms with E-state index in [4.69, 9.17) is 10.5 Å². The molecule has 1 aromatic carbocycles. The topological polar surface area (TPSA) is 88.7 Å². The van der Waals surface area contributed by atoms with Crippen LogP contribution in [0.25, 0.3) is 0 Å². The molecule has 6 nitrogen and oxygen atoms in total. The van der Waals surface area contributed by atoms with Crippen molar-refractivity contribution in [1.29, 1.82) is 0 Å². The zero-order chi connectivity index (χ0) is 15.0. The van der Waals surface area contributed by atoms with Crippen molar-refractivity contribution < 1.29 is 13.9 Å². The standard InChI is InChI=1S/C13H19FN4O2.HI/c1-9(8-20-2)17-13(15)16-7-12(19)18-11-5-3-10(14)4-6-11;/h3-6,9H,7-8H2,1-2H3,(H,18,19)(H3,15,16,17);1H. The van der Waals surface area contributed by atoms with Crippen molar-refractivity contribution in [3.63, 3.8) is 0 Å². The van der Waals surface area contributed by atoms with E-state index < -0.39 is 0 Å². The molecule has 1 aromatic rings. The highest BCUT2D eigenvalue weighted by atomic mass is 127. The molecule has 118 valence electrons. The van der Waals surface area contributed by atoms with E-state index in [2.05, 4.69) is 15.6 Å². The predicted octanol–water partition coefficient (Wildman–Crippen LogP) is 1.32. The number of nitrogens with two attached hydrogens (primary N) is 1. The molecular formula is C13H20FIN4O2. The fourth-order valence-electron chi connectivity index (χ4n) is 1.48. The van der Waals surface area contributed by atoms with E-state index in [9.17, 15) is 9.18 Å². The number of methoxy groups -OCH3 is 1. The highest BCUT2D eigenvalue weighted by molar-refractivity contribution is 14.0. The van der Waals surface area contributed by atoms with Gasteiger partial charge in [0.05, 0.1) is 6.61 Å². The lowest BCUT2D eigenvalue weighted by Gasteiger charge is -2.12. The van der Waals surface area contributed by atoms with Crippen LogP contribution in [0, 0.1) is 5.82 Å². The smallest absolute Gasteiger partial charge is 0.246 e. The minimum atomic E-state index is -0.360. The molecular weight excluding hydrogens is 390 g/mol. The van der Waals surface area contributed by atoms with E-state index in [1.165, 1.54) is 24.3 Å². The summed E-state index contributed by atoms with van der Waals surface area (Å²) in [4.78, 5) is 15.5. The van der Waals surface area contributed by atoms with Gasteiger partial charge in [0.25, 0.3) is 0 Å². The summed E-state index contributed by atoms with van der Waals surface area (Å²) in [7, 11) is 1.58. The first-order valence-corrected chi connectivity index (χ1v) is 6.12. The number of hydrogen-bond acceptors (Lipinski definition) is 3. The van der Waals surface area contributed by atoms with Gasteiger partial charge in [-0.25, -0.2) is 9.38 Å². The minimum absolute atomic E-state index is 0. The highest BCUT2D eigenvalue weighted by Gasteiger charge is 2.04. The van der Waals surface area contributed by atoms with E-state index in [0.717, 1.165) is 0 Å². The Labute approximate surface area is 140 Å². The van der Waals surface area contributed by atoms with Gasteiger partial charge in [-0.1, -0.05) is 0 Å². The van der Waals surface area contributed by atoms with Gasteiger partial charge in [-0.05, 0) is 31.2 Å². The summed E-state index contributed by atoms with van der Waals surface area (Å²) in [5, 5.41) is 5.46. The van der Waals surface area contributed by atoms with Gasteiger partial charge in [0.1, 0.15) is 12.4 Å². The number of halogens is 2. The Hall–Kier alpha value is -1.42. The zero-order valence-electron chi connectivity index (χ0n) is 11.9. The lowest BCUT2D eigenvalue weighted by molar-refractivity contribution is -0.114. The molecule has 1 atom stereocenters. The first kappa shape index (κ1) is 19.6. The molecule has 8 heteroatoms. The summed E-state index contributed by atoms with van der Waals surface area (Å²) in [5.41, 5.74) is 6.13. The fourth-order valence-corrected chi connectivity index (χ4v) is 1.48. The average Bonchev–Trinajstić information content (AvgIpc) is 2.39. The molecule has 1 unspecified atom stereocenters. The molecule has 0 saturated heterocycles. The minimum Gasteiger partial charge on any atom is -0.383 e. The van der Waals surface area contributed by atoms with Crippen LogP contribution in [0.5, 0.6) is 0 Å². The van der Waals surface area contributed by atoms with Gasteiger partial charge in [0, 0.05) is 18.8 Å². The maximum Gasteiger partial charge on any atom is 0.246 e. The Morgan fingerprint density at radius 3 is 2.62 bits per heavy atom. The summed E-state index contributed by atoms with van der Waals surface area (Å²) in [6.45, 7) is 2.25. The van der Waals surface area contributed by atoms with Crippen molar-refractivity contribution >= 4 is 41.5 Å². The fraction of sp³-hybridized carbons (Fsp3) is 0.385. The number of carbonyl (C=O) groups excluding carboxylic acids is 1. The summed E-state index contributed by atoms with van der Waals surface area (Å²) in [5.74, 6) is -0.522. The Bertz CT molecular complexity index is 468. The number of benzene rings is 1. The number of carbonyl (C=O) groups is 1. The highest BCUT2D eigenvalue weighted by Crippen LogP contribution is 2.07. The molecule has 4 N–H and O–H groups in total. The van der Waals surface area contributed by atoms with Crippen LogP contribution in [0.2, 0.25) is 0 Å². The second kappa shape index (κ2) is 10.3. The third-order valence-corrected chi connectivity index (χ3v) is 2.33. The molecule has 0 bridgehead atoms. The van der Waals surface area contributed by atoms with Crippen LogP contribution in [0.4, 0.5) is 10.1 Å². The molecule has 0 aliphatic heterocycles. The van der Waals surface area contributed by atoms with E-state index in [1.807, 2.05) is 6.92 Å². The number of guanidine groups is 1. The molecule has 0 heterocycles. The predicted molar refractivity (Wildman–Crippen MR) is 91.4 cm³/mol. The first-order valence-electron chi connectivity index (χ1n) is 6.12. The molecule has 1 rings (SSSR count). The second-order valence-electron chi connectivity index (χ2n) is 4.26. The summed E-state index contributed by atoms with van der Waals surface area (Å²) in [6, 6.07) is 5.48. The van der Waals surface area contributed by atoms with Crippen LogP contribution < -0.4 is 16.4 Å². The summed E-state index contributed by atoms with van der Waals surface area (Å²) >= 11 is 0. The van der Waals surface area contributed by atoms with Crippen molar-refractivity contribution in [2.75, 3.05) is 25.6 Å². The zero-order valence-corrected chi connectivity index (χ0v) is 14.3. The van der Waals surface area contributed by atoms with Crippen LogP contribution in [0.3, 0.4) is 0 Å². The van der Waals surface area contributed by atoms with E-state index in [1.54, 1.807) is 7.11 Å². The SMILES string of the molecule is COCC(C)NC(N)=NCC(=O)Nc1ccc(F)cc1.I. The Balaban J connectivity index is 0.00000400. The van der Waals surface area contributed by atoms with Crippen molar-refractivity contribution in [3.8, 4) is 0 Å². The average molecular weight is 410 g/mol. The maximum absolute atomic E-state index is 12.7. The van der Waals surface area contributed by atoms with Gasteiger partial charge in [-0.2, -0.15) is 0 Å². The van der Waals surface area contributed by atoms with Gasteiger partial charge in [-0.3, -0.25) is 4.79 Å². The van der Waals surface area contributed by atoms with Crippen molar-refractivity contribution in [2.24, 2.45) is 10.7 Å². The van der Waals surface area contributed by atoms with Crippen LogP contribution in [-0.4, -0.2) is 38.2 Å². The van der Waals surface area contributed by atoms with Gasteiger partial charge < -0.3 is 21.1 Å². The normalized spacial score (nSPS) is 12.2. The number of ether oxygens (including phenoxy) is 1. The Morgan fingerprint density at radius 1 is 1.43 bits per heavy atom.